The van der Waals surface area contributed by atoms with E-state index in [4.69, 9.17) is 8.22 Å². The molecule has 2 nitrogen and oxygen atoms in total. The summed E-state index contributed by atoms with van der Waals surface area (Å²) in [6.45, 7) is 2.48. The van der Waals surface area contributed by atoms with Gasteiger partial charge in [0.15, 0.2) is 0 Å². The van der Waals surface area contributed by atoms with Crippen LogP contribution in [0.3, 0.4) is 0 Å². The van der Waals surface area contributed by atoms with Crippen LogP contribution in [0.2, 0.25) is 19.6 Å². The molecule has 0 saturated heterocycles. The topological polar surface area (TPSA) is 25.8 Å². The summed E-state index contributed by atoms with van der Waals surface area (Å²) < 4.78 is 61.5. The first-order valence-corrected chi connectivity index (χ1v) is 18.5. The molecule has 7 rings (SSSR count). The van der Waals surface area contributed by atoms with Gasteiger partial charge in [-0.1, -0.05) is 80.4 Å². The van der Waals surface area contributed by atoms with Crippen molar-refractivity contribution in [3.05, 3.63) is 139 Å². The van der Waals surface area contributed by atoms with E-state index in [2.05, 4.69) is 47.8 Å². The number of thiophene rings is 1. The van der Waals surface area contributed by atoms with Crippen LogP contribution in [0.25, 0.3) is 53.8 Å². The molecule has 0 fully saturated rings. The van der Waals surface area contributed by atoms with Crippen LogP contribution in [0, 0.1) is 31.7 Å². The summed E-state index contributed by atoms with van der Waals surface area (Å²) in [5.41, 5.74) is 5.02. The molecule has 0 unspecified atom stereocenters. The van der Waals surface area contributed by atoms with Crippen LogP contribution in [0.15, 0.2) is 109 Å². The first-order chi connectivity index (χ1) is 23.6. The number of hydrogen-bond donors (Lipinski definition) is 0. The van der Waals surface area contributed by atoms with Crippen LogP contribution in [-0.2, 0) is 20.1 Å². The number of pyridine rings is 2. The molecular formula is C39H33FIrN2SSi-2. The molecule has 0 bridgehead atoms. The number of rotatable bonds is 4. The number of aromatic nitrogens is 2. The maximum Gasteiger partial charge on any atom is 0.123 e. The molecule has 0 spiro atoms. The Morgan fingerprint density at radius 3 is 2.31 bits per heavy atom. The second-order valence-electron chi connectivity index (χ2n) is 11.5. The molecule has 0 aliphatic heterocycles. The molecule has 0 atom stereocenters. The van der Waals surface area contributed by atoms with E-state index in [0.29, 0.717) is 16.8 Å². The van der Waals surface area contributed by atoms with Gasteiger partial charge in [-0.2, -0.15) is 11.3 Å². The molecule has 6 heteroatoms. The van der Waals surface area contributed by atoms with Crippen molar-refractivity contribution in [2.75, 3.05) is 0 Å². The Bertz CT molecular complexity index is 2230. The second-order valence-corrected chi connectivity index (χ2v) is 17.6. The Labute approximate surface area is 291 Å². The van der Waals surface area contributed by atoms with Crippen LogP contribution < -0.4 is 5.19 Å². The van der Waals surface area contributed by atoms with Crippen LogP contribution in [-0.4, -0.2) is 18.0 Å². The normalized spacial score (nSPS) is 13.7. The molecule has 4 aromatic carbocycles. The molecule has 0 amide bonds. The van der Waals surface area contributed by atoms with Crippen molar-refractivity contribution in [3.63, 3.8) is 0 Å². The van der Waals surface area contributed by atoms with Crippen LogP contribution in [0.4, 0.5) is 4.39 Å². The van der Waals surface area contributed by atoms with Crippen molar-refractivity contribution in [3.8, 4) is 33.6 Å². The zero-order chi connectivity index (χ0) is 35.8. The van der Waals surface area contributed by atoms with Crippen molar-refractivity contribution >= 4 is 44.8 Å². The Hall–Kier alpha value is -3.80. The predicted octanol–water partition coefficient (Wildman–Crippen LogP) is 10.4. The third-order valence-corrected chi connectivity index (χ3v) is 10.6. The van der Waals surface area contributed by atoms with Gasteiger partial charge < -0.3 is 9.97 Å². The van der Waals surface area contributed by atoms with Gasteiger partial charge in [0.05, 0.1) is 8.07 Å². The van der Waals surface area contributed by atoms with E-state index in [9.17, 15) is 4.39 Å². The molecule has 0 saturated carbocycles. The average Bonchev–Trinajstić information content (AvgIpc) is 3.46. The van der Waals surface area contributed by atoms with Gasteiger partial charge in [0, 0.05) is 45.4 Å². The van der Waals surface area contributed by atoms with E-state index in [1.807, 2.05) is 54.7 Å². The van der Waals surface area contributed by atoms with E-state index < -0.39 is 21.8 Å². The molecule has 3 aromatic heterocycles. The number of halogens is 1. The van der Waals surface area contributed by atoms with Gasteiger partial charge in [0.25, 0.3) is 0 Å². The molecule has 7 aromatic rings. The van der Waals surface area contributed by atoms with E-state index in [1.165, 1.54) is 23.5 Å². The molecule has 227 valence electrons. The molecule has 1 radical (unpaired) electrons. The zero-order valence-electron chi connectivity index (χ0n) is 30.9. The van der Waals surface area contributed by atoms with Gasteiger partial charge in [-0.15, -0.1) is 59.2 Å². The van der Waals surface area contributed by atoms with Crippen molar-refractivity contribution < 1.29 is 32.7 Å². The van der Waals surface area contributed by atoms with Gasteiger partial charge >= 0.3 is 0 Å². The third-order valence-electron chi connectivity index (χ3n) is 7.36. The summed E-state index contributed by atoms with van der Waals surface area (Å²) in [6.07, 6.45) is 3.36. The van der Waals surface area contributed by atoms with Crippen molar-refractivity contribution in [1.29, 1.82) is 0 Å². The van der Waals surface area contributed by atoms with Crippen LogP contribution >= 0.6 is 11.3 Å². The van der Waals surface area contributed by atoms with E-state index in [1.54, 1.807) is 41.7 Å². The standard InChI is InChI=1S/C24H15FNS.C15H18NSi.Ir/c1-15-14-26-22(13-20(15)16-6-3-2-4-7-16)19-9-5-8-18-21-12-17(25)10-11-23(21)27-24(18)19;1-12-5-7-13(8-6-12)15-10-9-14(11-16-15)17(2,3)4;/h2-8,10-14H,1H3;5-7,9-11H,1-4H3;/q2*-1;/i2*1D3;. The zero-order valence-corrected chi connectivity index (χ0v) is 29.1. The maximum atomic E-state index is 13.8. The van der Waals surface area contributed by atoms with Crippen molar-refractivity contribution in [2.24, 2.45) is 0 Å². The largest absolute Gasteiger partial charge is 0.305 e. The van der Waals surface area contributed by atoms with E-state index >= 15 is 0 Å². The molecular weight excluding hydrogens is 768 g/mol. The Balaban J connectivity index is 0.000000211. The van der Waals surface area contributed by atoms with E-state index in [0.717, 1.165) is 42.6 Å². The summed E-state index contributed by atoms with van der Waals surface area (Å²) in [7, 11) is -1.34. The minimum Gasteiger partial charge on any atom is -0.305 e. The molecule has 0 aliphatic rings. The fourth-order valence-corrected chi connectivity index (χ4v) is 7.16. The monoisotopic (exact) mass is 807 g/mol. The van der Waals surface area contributed by atoms with E-state index in [-0.39, 0.29) is 31.5 Å². The van der Waals surface area contributed by atoms with Gasteiger partial charge in [0.1, 0.15) is 5.82 Å². The summed E-state index contributed by atoms with van der Waals surface area (Å²) in [5, 5.41) is 3.10. The third kappa shape index (κ3) is 7.21. The summed E-state index contributed by atoms with van der Waals surface area (Å²) in [4.78, 5) is 8.95. The molecule has 45 heavy (non-hydrogen) atoms. The first kappa shape index (κ1) is 25.4. The maximum absolute atomic E-state index is 13.8. The summed E-state index contributed by atoms with van der Waals surface area (Å²) >= 11 is 1.55. The van der Waals surface area contributed by atoms with Gasteiger partial charge in [-0.3, -0.25) is 0 Å². The quantitative estimate of drug-likeness (QED) is 0.131. The van der Waals surface area contributed by atoms with Crippen LogP contribution in [0.1, 0.15) is 19.4 Å². The second kappa shape index (κ2) is 13.7. The molecule has 0 aliphatic carbocycles. The van der Waals surface area contributed by atoms with Crippen molar-refractivity contribution in [1.82, 2.24) is 9.97 Å². The Morgan fingerprint density at radius 1 is 0.800 bits per heavy atom. The Morgan fingerprint density at radius 2 is 1.62 bits per heavy atom. The molecule has 0 N–H and O–H groups in total. The first-order valence-electron chi connectivity index (χ1n) is 17.2. The van der Waals surface area contributed by atoms with Crippen LogP contribution in [0.5, 0.6) is 0 Å². The number of fused-ring (bicyclic) bond motifs is 3. The number of aryl methyl sites for hydroxylation is 2. The van der Waals surface area contributed by atoms with Gasteiger partial charge in [-0.25, -0.2) is 4.39 Å². The Kier molecular flexibility index (Phi) is 7.72. The number of nitrogens with zero attached hydrogens (tertiary/aromatic N) is 2. The van der Waals surface area contributed by atoms with Gasteiger partial charge in [-0.05, 0) is 68.4 Å². The number of hydrogen-bond acceptors (Lipinski definition) is 3. The summed E-state index contributed by atoms with van der Waals surface area (Å²) in [5.74, 6) is -0.275. The average molecular weight is 807 g/mol. The fraction of sp³-hybridized carbons (Fsp3) is 0.128. The number of benzene rings is 4. The van der Waals surface area contributed by atoms with Gasteiger partial charge in [0.2, 0.25) is 0 Å². The summed E-state index contributed by atoms with van der Waals surface area (Å²) in [6, 6.07) is 35.0. The van der Waals surface area contributed by atoms with Crippen molar-refractivity contribution in [2.45, 2.75) is 33.3 Å². The predicted molar refractivity (Wildman–Crippen MR) is 188 cm³/mol. The fourth-order valence-electron chi connectivity index (χ4n) is 4.93. The minimum absolute atomic E-state index is 0. The smallest absolute Gasteiger partial charge is 0.123 e. The minimum atomic E-state index is -2.28. The molecule has 3 heterocycles. The SMILES string of the molecule is [2H]C([2H])([2H])c1c[c-]c(-c2ccc([Si](C)(C)C)cn2)cc1.[2H]C([2H])([2H])c1cnc(-c2[c-]ccc3c2sc2ccc(F)cc23)cc1-c1ccccc1.[Ir].